The third-order valence-electron chi connectivity index (χ3n) is 3.82. The summed E-state index contributed by atoms with van der Waals surface area (Å²) in [4.78, 5) is 11.5. The molecule has 0 aliphatic rings. The number of hydrogen-bond acceptors (Lipinski definition) is 5. The molecule has 0 aliphatic carbocycles. The molecule has 0 atom stereocenters. The molecule has 25 heavy (non-hydrogen) atoms. The maximum atomic E-state index is 12.7. The second kappa shape index (κ2) is 8.13. The highest BCUT2D eigenvalue weighted by molar-refractivity contribution is 7.92. The number of unbranched alkanes of at least 4 members (excludes halogenated alkanes) is 1. The van der Waals surface area contributed by atoms with Crippen LogP contribution in [0.5, 0.6) is 0 Å². The van der Waals surface area contributed by atoms with E-state index in [4.69, 9.17) is 5.84 Å². The van der Waals surface area contributed by atoms with Gasteiger partial charge >= 0.3 is 5.97 Å². The summed E-state index contributed by atoms with van der Waals surface area (Å²) in [5.41, 5.74) is 1.62. The minimum atomic E-state index is -3.98. The van der Waals surface area contributed by atoms with E-state index in [2.05, 4.69) is 11.7 Å². The van der Waals surface area contributed by atoms with Crippen molar-refractivity contribution >= 4 is 21.7 Å². The van der Waals surface area contributed by atoms with Gasteiger partial charge in [0.1, 0.15) is 0 Å². The van der Waals surface area contributed by atoms with Crippen LogP contribution in [0.1, 0.15) is 35.7 Å². The van der Waals surface area contributed by atoms with Gasteiger partial charge in [-0.05, 0) is 48.7 Å². The lowest BCUT2D eigenvalue weighted by Crippen LogP contribution is -2.37. The maximum absolute atomic E-state index is 12.7. The summed E-state index contributed by atoms with van der Waals surface area (Å²) in [5, 5.41) is 0. The third kappa shape index (κ3) is 4.37. The zero-order valence-electron chi connectivity index (χ0n) is 14.3. The van der Waals surface area contributed by atoms with Crippen LogP contribution in [-0.4, -0.2) is 21.5 Å². The van der Waals surface area contributed by atoms with E-state index in [-0.39, 0.29) is 10.5 Å². The molecule has 0 fully saturated rings. The summed E-state index contributed by atoms with van der Waals surface area (Å²) in [6.07, 6.45) is 3.11. The maximum Gasteiger partial charge on any atom is 0.337 e. The van der Waals surface area contributed by atoms with Gasteiger partial charge in [0, 0.05) is 0 Å². The van der Waals surface area contributed by atoms with Gasteiger partial charge < -0.3 is 4.74 Å². The number of ether oxygens (including phenoxy) is 1. The smallest absolute Gasteiger partial charge is 0.337 e. The third-order valence-corrected chi connectivity index (χ3v) is 5.40. The average molecular weight is 362 g/mol. The molecule has 0 saturated carbocycles. The number of nitrogens with zero attached hydrogens (tertiary/aromatic N) is 1. The molecule has 0 unspecified atom stereocenters. The first-order valence-electron chi connectivity index (χ1n) is 7.97. The second-order valence-electron chi connectivity index (χ2n) is 5.59. The zero-order chi connectivity index (χ0) is 18.4. The molecular formula is C18H22N2O4S. The summed E-state index contributed by atoms with van der Waals surface area (Å²) >= 11 is 0. The SMILES string of the molecule is CCCCc1ccc(N(N)S(=O)(=O)c2cccc(C(=O)OC)c2)cc1. The molecule has 0 saturated heterocycles. The number of benzene rings is 2. The fraction of sp³-hybridized carbons (Fsp3) is 0.278. The standard InChI is InChI=1S/C18H22N2O4S/c1-3-4-6-14-9-11-16(12-10-14)20(19)25(22,23)17-8-5-7-15(13-17)18(21)24-2/h5,7-13H,3-4,6,19H2,1-2H3. The number of methoxy groups -OCH3 is 1. The van der Waals surface area contributed by atoms with Crippen molar-refractivity contribution in [3.05, 3.63) is 59.7 Å². The molecule has 0 radical (unpaired) electrons. The van der Waals surface area contributed by atoms with E-state index in [1.807, 2.05) is 12.1 Å². The lowest BCUT2D eigenvalue weighted by molar-refractivity contribution is 0.0600. The van der Waals surface area contributed by atoms with Crippen molar-refractivity contribution in [2.24, 2.45) is 5.84 Å². The number of hydrazine groups is 1. The molecule has 0 bridgehead atoms. The van der Waals surface area contributed by atoms with Gasteiger partial charge in [-0.2, -0.15) is 8.42 Å². The molecular weight excluding hydrogens is 340 g/mol. The Morgan fingerprint density at radius 1 is 1.16 bits per heavy atom. The van der Waals surface area contributed by atoms with Crippen LogP contribution < -0.4 is 10.3 Å². The largest absolute Gasteiger partial charge is 0.465 e. The lowest BCUT2D eigenvalue weighted by Gasteiger charge is -2.19. The molecule has 0 aromatic heterocycles. The van der Waals surface area contributed by atoms with Crippen LogP contribution in [0.15, 0.2) is 53.4 Å². The minimum Gasteiger partial charge on any atom is -0.465 e. The predicted molar refractivity (Wildman–Crippen MR) is 96.7 cm³/mol. The number of esters is 1. The van der Waals surface area contributed by atoms with Crippen LogP contribution in [0, 0.1) is 0 Å². The Bertz CT molecular complexity index is 832. The van der Waals surface area contributed by atoms with Gasteiger partial charge in [0.2, 0.25) is 0 Å². The zero-order valence-corrected chi connectivity index (χ0v) is 15.1. The summed E-state index contributed by atoms with van der Waals surface area (Å²) in [6.45, 7) is 2.12. The fourth-order valence-corrected chi connectivity index (χ4v) is 3.50. The predicted octanol–water partition coefficient (Wildman–Crippen LogP) is 2.88. The van der Waals surface area contributed by atoms with Crippen molar-refractivity contribution in [3.63, 3.8) is 0 Å². The molecule has 2 aromatic carbocycles. The molecule has 134 valence electrons. The molecule has 0 spiro atoms. The number of sulfonamides is 1. The average Bonchev–Trinajstić information content (AvgIpc) is 2.65. The van der Waals surface area contributed by atoms with Gasteiger partial charge in [0.25, 0.3) is 10.0 Å². The van der Waals surface area contributed by atoms with Crippen LogP contribution in [0.25, 0.3) is 0 Å². The molecule has 2 rings (SSSR count). The van der Waals surface area contributed by atoms with E-state index in [0.29, 0.717) is 10.1 Å². The van der Waals surface area contributed by atoms with Crippen molar-refractivity contribution in [2.75, 3.05) is 11.5 Å². The summed E-state index contributed by atoms with van der Waals surface area (Å²) in [7, 11) is -2.75. The number of aryl methyl sites for hydroxylation is 1. The van der Waals surface area contributed by atoms with Crippen molar-refractivity contribution in [3.8, 4) is 0 Å². The molecule has 2 aromatic rings. The van der Waals surface area contributed by atoms with Gasteiger partial charge in [-0.1, -0.05) is 31.5 Å². The number of anilines is 1. The summed E-state index contributed by atoms with van der Waals surface area (Å²) in [5.74, 6) is 5.23. The highest BCUT2D eigenvalue weighted by Gasteiger charge is 2.23. The summed E-state index contributed by atoms with van der Waals surface area (Å²) in [6, 6.07) is 12.7. The van der Waals surface area contributed by atoms with Crippen molar-refractivity contribution < 1.29 is 17.9 Å². The van der Waals surface area contributed by atoms with Crippen molar-refractivity contribution in [1.82, 2.24) is 0 Å². The second-order valence-corrected chi connectivity index (χ2v) is 7.41. The number of rotatable bonds is 7. The van der Waals surface area contributed by atoms with E-state index in [1.54, 1.807) is 12.1 Å². The highest BCUT2D eigenvalue weighted by Crippen LogP contribution is 2.22. The van der Waals surface area contributed by atoms with Gasteiger partial charge in [-0.3, -0.25) is 0 Å². The molecule has 0 heterocycles. The first-order valence-corrected chi connectivity index (χ1v) is 9.41. The lowest BCUT2D eigenvalue weighted by atomic mass is 10.1. The number of carbonyl (C=O) groups is 1. The summed E-state index contributed by atoms with van der Waals surface area (Å²) < 4.78 is 30.7. The Balaban J connectivity index is 2.28. The van der Waals surface area contributed by atoms with Crippen LogP contribution in [0.2, 0.25) is 0 Å². The van der Waals surface area contributed by atoms with E-state index in [1.165, 1.54) is 31.4 Å². The van der Waals surface area contributed by atoms with Crippen LogP contribution in [0.4, 0.5) is 5.69 Å². The van der Waals surface area contributed by atoms with E-state index in [0.717, 1.165) is 24.8 Å². The first-order chi connectivity index (χ1) is 11.9. The molecule has 2 N–H and O–H groups in total. The number of hydrogen-bond donors (Lipinski definition) is 1. The Morgan fingerprint density at radius 3 is 2.44 bits per heavy atom. The number of nitrogens with two attached hydrogens (primary N) is 1. The van der Waals surface area contributed by atoms with Crippen molar-refractivity contribution in [1.29, 1.82) is 0 Å². The molecule has 0 amide bonds. The van der Waals surface area contributed by atoms with E-state index >= 15 is 0 Å². The topological polar surface area (TPSA) is 89.7 Å². The monoisotopic (exact) mass is 362 g/mol. The number of carbonyl (C=O) groups excluding carboxylic acids is 1. The van der Waals surface area contributed by atoms with Gasteiger partial charge in [0.05, 0.1) is 23.3 Å². The van der Waals surface area contributed by atoms with Crippen LogP contribution >= 0.6 is 0 Å². The van der Waals surface area contributed by atoms with Gasteiger partial charge in [0.15, 0.2) is 0 Å². The van der Waals surface area contributed by atoms with Crippen LogP contribution in [-0.2, 0) is 21.2 Å². The Kier molecular flexibility index (Phi) is 6.17. The Hall–Kier alpha value is -2.38. The van der Waals surface area contributed by atoms with Crippen molar-refractivity contribution in [2.45, 2.75) is 31.1 Å². The van der Waals surface area contributed by atoms with Crippen LogP contribution in [0.3, 0.4) is 0 Å². The van der Waals surface area contributed by atoms with E-state index < -0.39 is 16.0 Å². The van der Waals surface area contributed by atoms with E-state index in [9.17, 15) is 13.2 Å². The normalized spacial score (nSPS) is 11.2. The molecule has 7 heteroatoms. The fourth-order valence-electron chi connectivity index (χ4n) is 2.34. The minimum absolute atomic E-state index is 0.0760. The Morgan fingerprint density at radius 2 is 1.84 bits per heavy atom. The Labute approximate surface area is 148 Å². The van der Waals surface area contributed by atoms with Gasteiger partial charge in [-0.25, -0.2) is 15.1 Å². The quantitative estimate of drug-likeness (QED) is 0.465. The highest BCUT2D eigenvalue weighted by atomic mass is 32.2. The van der Waals surface area contributed by atoms with Gasteiger partial charge in [-0.15, -0.1) is 0 Å². The molecule has 0 aliphatic heterocycles. The molecule has 6 nitrogen and oxygen atoms in total. The first kappa shape index (κ1) is 19.0.